The predicted molar refractivity (Wildman–Crippen MR) is 206 cm³/mol. The number of carbonyl (C=O) groups excluding carboxylic acids is 4. The predicted octanol–water partition coefficient (Wildman–Crippen LogP) is 5.43. The van der Waals surface area contributed by atoms with Gasteiger partial charge in [-0.3, -0.25) is 14.4 Å². The van der Waals surface area contributed by atoms with E-state index in [-0.39, 0.29) is 31.1 Å². The van der Waals surface area contributed by atoms with Crippen molar-refractivity contribution in [2.75, 3.05) is 14.2 Å². The first kappa shape index (κ1) is 41.0. The van der Waals surface area contributed by atoms with Crippen LogP contribution in [-0.2, 0) is 28.7 Å². The number of methoxy groups -OCH3 is 2. The number of benzene rings is 2. The molecule has 4 N–H and O–H groups in total. The molecule has 13 nitrogen and oxygen atoms in total. The molecule has 3 amide bonds. The minimum Gasteiger partial charge on any atom is -0.497 e. The van der Waals surface area contributed by atoms with E-state index in [2.05, 4.69) is 16.0 Å². The third-order valence-corrected chi connectivity index (χ3v) is 10.8. The van der Waals surface area contributed by atoms with Gasteiger partial charge in [0.15, 0.2) is 0 Å². The maximum atomic E-state index is 14.3. The number of amides is 3. The van der Waals surface area contributed by atoms with Crippen molar-refractivity contribution in [2.45, 2.75) is 103 Å². The lowest BCUT2D eigenvalue weighted by atomic mass is 9.83. The van der Waals surface area contributed by atoms with Crippen LogP contribution in [0, 0.1) is 23.7 Å². The lowest BCUT2D eigenvalue weighted by Gasteiger charge is -2.31. The summed E-state index contributed by atoms with van der Waals surface area (Å²) >= 11 is 0. The topological polar surface area (TPSA) is 182 Å². The summed E-state index contributed by atoms with van der Waals surface area (Å²) in [6, 6.07) is 13.9. The van der Waals surface area contributed by atoms with Gasteiger partial charge in [0.2, 0.25) is 17.7 Å². The lowest BCUT2D eigenvalue weighted by Crippen LogP contribution is -2.57. The van der Waals surface area contributed by atoms with E-state index in [1.807, 2.05) is 55.5 Å². The molecule has 1 heterocycles. The number of carbonyl (C=O) groups is 5. The Hall–Kier alpha value is -5.20. The second kappa shape index (κ2) is 18.9. The molecule has 0 unspecified atom stereocenters. The van der Waals surface area contributed by atoms with E-state index in [9.17, 15) is 29.1 Å². The van der Waals surface area contributed by atoms with Crippen molar-refractivity contribution in [2.24, 2.45) is 23.7 Å². The van der Waals surface area contributed by atoms with Crippen molar-refractivity contribution in [1.82, 2.24) is 20.9 Å². The molecule has 5 rings (SSSR count). The fourth-order valence-corrected chi connectivity index (χ4v) is 7.83. The third-order valence-electron chi connectivity index (χ3n) is 10.8. The number of hydrogen-bond acceptors (Lipinski definition) is 9. The average Bonchev–Trinajstić information content (AvgIpc) is 3.62. The Bertz CT molecular complexity index is 1830. The van der Waals surface area contributed by atoms with Crippen LogP contribution in [0.1, 0.15) is 78.6 Å². The Kier molecular flexibility index (Phi) is 14.1. The van der Waals surface area contributed by atoms with Crippen LogP contribution in [-0.4, -0.2) is 78.2 Å². The van der Waals surface area contributed by atoms with Gasteiger partial charge in [0.25, 0.3) is 0 Å². The van der Waals surface area contributed by atoms with Gasteiger partial charge in [0.1, 0.15) is 35.7 Å². The third kappa shape index (κ3) is 10.1. The quantitative estimate of drug-likeness (QED) is 0.138. The van der Waals surface area contributed by atoms with Gasteiger partial charge in [0.05, 0.1) is 37.3 Å². The van der Waals surface area contributed by atoms with E-state index in [0.717, 1.165) is 37.7 Å². The molecule has 2 aliphatic carbocycles. The van der Waals surface area contributed by atoms with Gasteiger partial charge in [-0.2, -0.15) is 0 Å². The average molecular weight is 759 g/mol. The molecule has 2 saturated carbocycles. The molecule has 2 aromatic carbocycles. The second-order valence-electron chi connectivity index (χ2n) is 15.0. The highest BCUT2D eigenvalue weighted by Crippen LogP contribution is 2.39. The summed E-state index contributed by atoms with van der Waals surface area (Å²) in [5.74, 6) is -4.55. The van der Waals surface area contributed by atoms with Crippen molar-refractivity contribution >= 4 is 40.6 Å². The normalized spacial score (nSPS) is 20.2. The van der Waals surface area contributed by atoms with Crippen molar-refractivity contribution in [3.8, 4) is 22.8 Å². The minimum absolute atomic E-state index is 0.0763. The SMILES string of the molecule is CCC[C@H](NC(=O)[C@@H]1C[C@@H](Oc2cc(-c3ccccc3)nc3cc(OC)ccc23)C[C@H]1C(=O)N[C@H](C(=O)N[C@@H](C(=O)OC)C1CCCCC1)C(C)C)C(=O)O. The van der Waals surface area contributed by atoms with Gasteiger partial charge < -0.3 is 35.3 Å². The number of carboxylic acids is 1. The number of nitrogens with one attached hydrogen (secondary N) is 3. The van der Waals surface area contributed by atoms with Crippen LogP contribution in [0.4, 0.5) is 0 Å². The number of aliphatic carboxylic acids is 1. The zero-order valence-corrected chi connectivity index (χ0v) is 32.3. The molecule has 55 heavy (non-hydrogen) atoms. The first-order valence-electron chi connectivity index (χ1n) is 19.4. The molecule has 0 bridgehead atoms. The molecule has 296 valence electrons. The molecular weight excluding hydrogens is 704 g/mol. The van der Waals surface area contributed by atoms with Gasteiger partial charge in [-0.15, -0.1) is 0 Å². The van der Waals surface area contributed by atoms with Crippen LogP contribution < -0.4 is 25.4 Å². The van der Waals surface area contributed by atoms with Crippen LogP contribution in [0.15, 0.2) is 54.6 Å². The molecule has 13 heteroatoms. The standard InChI is InChI=1S/C42H54N4O9/c1-6-13-32(41(50)51)44-38(47)30-20-28(55-35-23-33(25-14-9-7-10-15-25)43-34-22-27(53-4)18-19-29(34)35)21-31(30)39(48)45-36(24(2)3)40(49)46-37(42(52)54-5)26-16-11-8-12-17-26/h7,9-10,14-15,18-19,22-24,26,28,30-32,36-37H,6,8,11-13,16-17,20-21H2,1-5H3,(H,44,47)(H,45,48)(H,46,49)(H,50,51)/t28-,30-,31-,32+,36+,37-/m1/s1. The summed E-state index contributed by atoms with van der Waals surface area (Å²) in [4.78, 5) is 71.7. The molecule has 2 aliphatic rings. The van der Waals surface area contributed by atoms with Gasteiger partial charge in [0, 0.05) is 23.1 Å². The fourth-order valence-electron chi connectivity index (χ4n) is 7.83. The maximum Gasteiger partial charge on any atom is 0.328 e. The molecule has 0 saturated heterocycles. The summed E-state index contributed by atoms with van der Waals surface area (Å²) in [5, 5.41) is 19.0. The van der Waals surface area contributed by atoms with Crippen LogP contribution in [0.2, 0.25) is 0 Å². The summed E-state index contributed by atoms with van der Waals surface area (Å²) in [6.07, 6.45) is 4.88. The van der Waals surface area contributed by atoms with Crippen molar-refractivity contribution in [3.63, 3.8) is 0 Å². The number of pyridine rings is 1. The molecule has 6 atom stereocenters. The first-order valence-corrected chi connectivity index (χ1v) is 19.4. The van der Waals surface area contributed by atoms with Crippen LogP contribution in [0.25, 0.3) is 22.2 Å². The first-order chi connectivity index (χ1) is 26.4. The van der Waals surface area contributed by atoms with Crippen LogP contribution >= 0.6 is 0 Å². The van der Waals surface area contributed by atoms with Crippen LogP contribution in [0.5, 0.6) is 11.5 Å². The Morgan fingerprint density at radius 3 is 2.15 bits per heavy atom. The van der Waals surface area contributed by atoms with Crippen LogP contribution in [0.3, 0.4) is 0 Å². The number of fused-ring (bicyclic) bond motifs is 1. The maximum absolute atomic E-state index is 14.3. The van der Waals surface area contributed by atoms with E-state index >= 15 is 0 Å². The Morgan fingerprint density at radius 2 is 1.55 bits per heavy atom. The smallest absolute Gasteiger partial charge is 0.328 e. The summed E-state index contributed by atoms with van der Waals surface area (Å²) in [7, 11) is 2.87. The monoisotopic (exact) mass is 758 g/mol. The molecule has 2 fully saturated rings. The highest BCUT2D eigenvalue weighted by molar-refractivity contribution is 5.94. The molecule has 0 aliphatic heterocycles. The van der Waals surface area contributed by atoms with Gasteiger partial charge >= 0.3 is 11.9 Å². The molecular formula is C42H54N4O9. The number of hydrogen-bond donors (Lipinski definition) is 4. The zero-order valence-electron chi connectivity index (χ0n) is 32.3. The Labute approximate surface area is 322 Å². The number of aromatic nitrogens is 1. The molecule has 3 aromatic rings. The second-order valence-corrected chi connectivity index (χ2v) is 15.0. The van der Waals surface area contributed by atoms with Gasteiger partial charge in [-0.1, -0.05) is 76.8 Å². The zero-order chi connectivity index (χ0) is 39.6. The summed E-state index contributed by atoms with van der Waals surface area (Å²) in [6.45, 7) is 5.41. The van der Waals surface area contributed by atoms with Gasteiger partial charge in [-0.05, 0) is 56.1 Å². The molecule has 1 aromatic heterocycles. The van der Waals surface area contributed by atoms with Crippen molar-refractivity contribution < 1.29 is 43.3 Å². The Balaban J connectivity index is 1.43. The number of nitrogens with zero attached hydrogens (tertiary/aromatic N) is 1. The lowest BCUT2D eigenvalue weighted by molar-refractivity contribution is -0.147. The summed E-state index contributed by atoms with van der Waals surface area (Å²) < 4.78 is 17.2. The van der Waals surface area contributed by atoms with E-state index in [4.69, 9.17) is 19.2 Å². The number of rotatable bonds is 16. The number of esters is 1. The van der Waals surface area contributed by atoms with E-state index < -0.39 is 65.7 Å². The minimum atomic E-state index is -1.16. The highest BCUT2D eigenvalue weighted by Gasteiger charge is 2.46. The number of ether oxygens (including phenoxy) is 3. The Morgan fingerprint density at radius 1 is 0.873 bits per heavy atom. The molecule has 0 radical (unpaired) electrons. The van der Waals surface area contributed by atoms with Crippen molar-refractivity contribution in [1.29, 1.82) is 0 Å². The van der Waals surface area contributed by atoms with E-state index in [1.165, 1.54) is 7.11 Å². The van der Waals surface area contributed by atoms with Crippen molar-refractivity contribution in [3.05, 3.63) is 54.6 Å². The highest BCUT2D eigenvalue weighted by atomic mass is 16.5. The molecule has 0 spiro atoms. The number of carboxylic acid groups (broad SMARTS) is 1. The summed E-state index contributed by atoms with van der Waals surface area (Å²) in [5.41, 5.74) is 2.15. The van der Waals surface area contributed by atoms with E-state index in [0.29, 0.717) is 34.5 Å². The van der Waals surface area contributed by atoms with E-state index in [1.54, 1.807) is 27.0 Å². The van der Waals surface area contributed by atoms with Gasteiger partial charge in [-0.25, -0.2) is 14.6 Å². The largest absolute Gasteiger partial charge is 0.497 e. The fraction of sp³-hybridized carbons (Fsp3) is 0.524.